The number of carbonyl (C=O) groups excluding carboxylic acids is 1. The van der Waals surface area contributed by atoms with Crippen molar-refractivity contribution in [1.29, 1.82) is 0 Å². The first-order valence-electron chi connectivity index (χ1n) is 12.8. The van der Waals surface area contributed by atoms with Crippen LogP contribution in [-0.2, 0) is 14.9 Å². The summed E-state index contributed by atoms with van der Waals surface area (Å²) in [4.78, 5) is 19.2. The van der Waals surface area contributed by atoms with E-state index in [-0.39, 0.29) is 22.5 Å². The maximum Gasteiger partial charge on any atom is 0.339 e. The van der Waals surface area contributed by atoms with Gasteiger partial charge < -0.3 is 14.8 Å². The summed E-state index contributed by atoms with van der Waals surface area (Å²) in [5.41, 5.74) is 1.51. The minimum Gasteiger partial charge on any atom is -0.384 e. The van der Waals surface area contributed by atoms with E-state index in [2.05, 4.69) is 48.2 Å². The lowest BCUT2D eigenvalue weighted by molar-refractivity contribution is -0.119. The number of hydrogen-bond donors (Lipinski definition) is 2. The number of anilines is 2. The quantitative estimate of drug-likeness (QED) is 0.255. The first kappa shape index (κ1) is 28.9. The van der Waals surface area contributed by atoms with E-state index in [0.717, 1.165) is 36.3 Å². The van der Waals surface area contributed by atoms with E-state index in [0.29, 0.717) is 22.7 Å². The third-order valence-electron chi connectivity index (χ3n) is 6.13. The molecule has 0 aliphatic rings. The van der Waals surface area contributed by atoms with Gasteiger partial charge >= 0.3 is 10.1 Å². The molecule has 202 valence electrons. The molecule has 0 saturated heterocycles. The van der Waals surface area contributed by atoms with Crippen LogP contribution < -0.4 is 14.8 Å². The number of aromatic nitrogens is 1. The van der Waals surface area contributed by atoms with Crippen LogP contribution in [-0.4, -0.2) is 49.4 Å². The molecule has 1 atom stereocenters. The standard InChI is InChI=1S/C27H38N4O4S2/c1-7-8-20(6)26(32)30-27-29-24-14-11-22(17-25(24)36-27)35-37(33,34)23-12-9-21(10-13-23)28-15-16-31(18(2)3)19(4)5/h9-14,17-20,28H,7-8,15-16H2,1-6H3,(H,29,30,32). The van der Waals surface area contributed by atoms with E-state index in [1.807, 2.05) is 13.8 Å². The summed E-state index contributed by atoms with van der Waals surface area (Å²) in [7, 11) is -4.01. The Bertz CT molecular complexity index is 1280. The van der Waals surface area contributed by atoms with Crippen LogP contribution in [0.3, 0.4) is 0 Å². The van der Waals surface area contributed by atoms with Crippen molar-refractivity contribution < 1.29 is 17.4 Å². The number of benzene rings is 2. The Morgan fingerprint density at radius 1 is 1.05 bits per heavy atom. The molecule has 1 unspecified atom stereocenters. The number of amides is 1. The molecular weight excluding hydrogens is 508 g/mol. The molecule has 0 saturated carbocycles. The molecule has 2 aromatic carbocycles. The maximum atomic E-state index is 12.9. The Kier molecular flexibility index (Phi) is 9.92. The van der Waals surface area contributed by atoms with Gasteiger partial charge in [-0.1, -0.05) is 31.6 Å². The zero-order valence-electron chi connectivity index (χ0n) is 22.4. The molecule has 1 amide bonds. The summed E-state index contributed by atoms with van der Waals surface area (Å²) in [6.07, 6.45) is 1.73. The smallest absolute Gasteiger partial charge is 0.339 e. The fraction of sp³-hybridized carbons (Fsp3) is 0.481. The third-order valence-corrected chi connectivity index (χ3v) is 8.33. The van der Waals surface area contributed by atoms with E-state index < -0.39 is 10.1 Å². The van der Waals surface area contributed by atoms with Gasteiger partial charge in [-0.05, 0) is 70.5 Å². The summed E-state index contributed by atoms with van der Waals surface area (Å²) >= 11 is 1.28. The van der Waals surface area contributed by atoms with Crippen molar-refractivity contribution in [2.75, 3.05) is 23.7 Å². The fourth-order valence-electron chi connectivity index (χ4n) is 4.16. The number of fused-ring (bicyclic) bond motifs is 1. The van der Waals surface area contributed by atoms with E-state index in [1.165, 1.54) is 23.5 Å². The summed E-state index contributed by atoms with van der Waals surface area (Å²) in [6.45, 7) is 14.3. The number of thiazole rings is 1. The van der Waals surface area contributed by atoms with Gasteiger partial charge in [0.1, 0.15) is 10.6 Å². The summed E-state index contributed by atoms with van der Waals surface area (Å²) in [5, 5.41) is 6.68. The Morgan fingerprint density at radius 3 is 2.35 bits per heavy atom. The highest BCUT2D eigenvalue weighted by Gasteiger charge is 2.19. The Balaban J connectivity index is 1.63. The highest BCUT2D eigenvalue weighted by molar-refractivity contribution is 7.87. The molecule has 0 radical (unpaired) electrons. The van der Waals surface area contributed by atoms with Crippen LogP contribution in [0.15, 0.2) is 47.4 Å². The van der Waals surface area contributed by atoms with Gasteiger partial charge in [0, 0.05) is 42.8 Å². The van der Waals surface area contributed by atoms with Crippen LogP contribution in [0.5, 0.6) is 5.75 Å². The van der Waals surface area contributed by atoms with Crippen molar-refractivity contribution in [3.8, 4) is 5.75 Å². The molecule has 1 aromatic heterocycles. The SMILES string of the molecule is CCCC(C)C(=O)Nc1nc2ccc(OS(=O)(=O)c3ccc(NCCN(C(C)C)C(C)C)cc3)cc2s1. The molecule has 3 rings (SSSR count). The Hall–Kier alpha value is -2.69. The lowest BCUT2D eigenvalue weighted by atomic mass is 10.1. The molecule has 10 heteroatoms. The third kappa shape index (κ3) is 7.90. The number of carbonyl (C=O) groups is 1. The number of nitrogens with zero attached hydrogens (tertiary/aromatic N) is 2. The molecule has 1 heterocycles. The molecular formula is C27H38N4O4S2. The van der Waals surface area contributed by atoms with Gasteiger partial charge in [0.2, 0.25) is 5.91 Å². The number of hydrogen-bond acceptors (Lipinski definition) is 8. The van der Waals surface area contributed by atoms with Crippen LogP contribution in [0.25, 0.3) is 10.2 Å². The van der Waals surface area contributed by atoms with Crippen LogP contribution in [0.1, 0.15) is 54.4 Å². The van der Waals surface area contributed by atoms with Gasteiger partial charge in [-0.3, -0.25) is 9.69 Å². The van der Waals surface area contributed by atoms with Gasteiger partial charge in [0.05, 0.1) is 10.2 Å². The van der Waals surface area contributed by atoms with E-state index >= 15 is 0 Å². The lowest BCUT2D eigenvalue weighted by Gasteiger charge is -2.30. The topological polar surface area (TPSA) is 101 Å². The second-order valence-electron chi connectivity index (χ2n) is 9.74. The van der Waals surface area contributed by atoms with E-state index in [9.17, 15) is 13.2 Å². The highest BCUT2D eigenvalue weighted by atomic mass is 32.2. The largest absolute Gasteiger partial charge is 0.384 e. The Labute approximate surface area is 224 Å². The molecule has 3 aromatic rings. The van der Waals surface area contributed by atoms with Crippen molar-refractivity contribution in [3.05, 3.63) is 42.5 Å². The Morgan fingerprint density at radius 2 is 1.73 bits per heavy atom. The molecule has 0 aliphatic carbocycles. The van der Waals surface area contributed by atoms with Gasteiger partial charge in [0.15, 0.2) is 5.13 Å². The minimum atomic E-state index is -4.01. The highest BCUT2D eigenvalue weighted by Crippen LogP contribution is 2.31. The summed E-state index contributed by atoms with van der Waals surface area (Å²) in [6, 6.07) is 12.3. The molecule has 37 heavy (non-hydrogen) atoms. The summed E-state index contributed by atoms with van der Waals surface area (Å²) < 4.78 is 31.9. The zero-order valence-corrected chi connectivity index (χ0v) is 24.1. The number of rotatable bonds is 13. The predicted octanol–water partition coefficient (Wildman–Crippen LogP) is 5.97. The van der Waals surface area contributed by atoms with Crippen molar-refractivity contribution >= 4 is 48.4 Å². The first-order chi connectivity index (χ1) is 17.5. The molecule has 0 fully saturated rings. The van der Waals surface area contributed by atoms with Gasteiger partial charge in [-0.2, -0.15) is 8.42 Å². The fourth-order valence-corrected chi connectivity index (χ4v) is 5.98. The van der Waals surface area contributed by atoms with Gasteiger partial charge in [-0.15, -0.1) is 0 Å². The van der Waals surface area contributed by atoms with Crippen molar-refractivity contribution in [2.45, 2.75) is 71.4 Å². The second-order valence-corrected chi connectivity index (χ2v) is 12.3. The monoisotopic (exact) mass is 546 g/mol. The van der Waals surface area contributed by atoms with Crippen LogP contribution in [0, 0.1) is 5.92 Å². The second kappa shape index (κ2) is 12.7. The van der Waals surface area contributed by atoms with Crippen LogP contribution in [0.2, 0.25) is 0 Å². The van der Waals surface area contributed by atoms with E-state index in [4.69, 9.17) is 4.18 Å². The molecule has 8 nitrogen and oxygen atoms in total. The van der Waals surface area contributed by atoms with Gasteiger partial charge in [-0.25, -0.2) is 4.98 Å². The number of nitrogens with one attached hydrogen (secondary N) is 2. The van der Waals surface area contributed by atoms with Crippen LogP contribution in [0.4, 0.5) is 10.8 Å². The molecule has 2 N–H and O–H groups in total. The van der Waals surface area contributed by atoms with Crippen molar-refractivity contribution in [3.63, 3.8) is 0 Å². The normalized spacial score (nSPS) is 12.9. The average molecular weight is 547 g/mol. The molecule has 0 spiro atoms. The van der Waals surface area contributed by atoms with Crippen LogP contribution >= 0.6 is 11.3 Å². The molecule has 0 bridgehead atoms. The first-order valence-corrected chi connectivity index (χ1v) is 15.0. The maximum absolute atomic E-state index is 12.9. The minimum absolute atomic E-state index is 0.0740. The van der Waals surface area contributed by atoms with Crippen molar-refractivity contribution in [2.24, 2.45) is 5.92 Å². The lowest BCUT2D eigenvalue weighted by Crippen LogP contribution is -2.40. The average Bonchev–Trinajstić information content (AvgIpc) is 3.23. The predicted molar refractivity (Wildman–Crippen MR) is 152 cm³/mol. The van der Waals surface area contributed by atoms with E-state index in [1.54, 1.807) is 30.3 Å². The van der Waals surface area contributed by atoms with Crippen molar-refractivity contribution in [1.82, 2.24) is 9.88 Å². The zero-order chi connectivity index (χ0) is 27.2. The van der Waals surface area contributed by atoms with Gasteiger partial charge in [0.25, 0.3) is 0 Å². The summed E-state index contributed by atoms with van der Waals surface area (Å²) in [5.74, 6) is 0.0190. The molecule has 0 aliphatic heterocycles.